The van der Waals surface area contributed by atoms with Gasteiger partial charge < -0.3 is 19.7 Å². The molecule has 34 heavy (non-hydrogen) atoms. The molecule has 180 valence electrons. The third-order valence-corrected chi connectivity index (χ3v) is 7.82. The summed E-state index contributed by atoms with van der Waals surface area (Å²) >= 11 is 1.66. The van der Waals surface area contributed by atoms with Crippen LogP contribution in [0.4, 0.5) is 0 Å². The molecule has 3 aromatic rings. The Morgan fingerprint density at radius 3 is 2.38 bits per heavy atom. The van der Waals surface area contributed by atoms with Gasteiger partial charge in [-0.1, -0.05) is 24.3 Å². The van der Waals surface area contributed by atoms with Crippen molar-refractivity contribution in [2.24, 2.45) is 0 Å². The van der Waals surface area contributed by atoms with Gasteiger partial charge in [0.2, 0.25) is 0 Å². The fraction of sp³-hybridized carbons (Fsp3) is 0.333. The Balaban J connectivity index is 0.00000274. The van der Waals surface area contributed by atoms with Crippen molar-refractivity contribution in [3.63, 3.8) is 0 Å². The maximum absolute atomic E-state index is 9.93. The molecule has 1 saturated heterocycles. The normalized spacial score (nSPS) is 21.9. The summed E-state index contributed by atoms with van der Waals surface area (Å²) < 4.78 is 12.4. The number of phenolic OH excluding ortho intramolecular Hbond substituents is 2. The topological polar surface area (TPSA) is 62.2 Å². The molecule has 0 saturated carbocycles. The summed E-state index contributed by atoms with van der Waals surface area (Å²) in [5, 5.41) is 19.6. The van der Waals surface area contributed by atoms with Crippen LogP contribution in [-0.2, 0) is 0 Å². The number of ether oxygens (including phenoxy) is 2. The van der Waals surface area contributed by atoms with Crippen LogP contribution in [-0.4, -0.2) is 40.9 Å². The second kappa shape index (κ2) is 10.8. The Kier molecular flexibility index (Phi) is 7.81. The van der Waals surface area contributed by atoms with Crippen LogP contribution in [0.3, 0.4) is 0 Å². The predicted octanol–water partition coefficient (Wildman–Crippen LogP) is 6.35. The number of hydrogen-bond acceptors (Lipinski definition) is 6. The Morgan fingerprint density at radius 1 is 0.971 bits per heavy atom. The Bertz CT molecular complexity index is 1090. The van der Waals surface area contributed by atoms with E-state index in [-0.39, 0.29) is 35.3 Å². The summed E-state index contributed by atoms with van der Waals surface area (Å²) in [6.07, 6.45) is 2.34. The lowest BCUT2D eigenvalue weighted by Crippen LogP contribution is -2.31. The van der Waals surface area contributed by atoms with Crippen LogP contribution in [0.5, 0.6) is 23.0 Å². The number of fused-ring (bicyclic) bond motifs is 1. The Morgan fingerprint density at radius 2 is 1.68 bits per heavy atom. The molecule has 2 N–H and O–H groups in total. The van der Waals surface area contributed by atoms with E-state index >= 15 is 0 Å². The van der Waals surface area contributed by atoms with Gasteiger partial charge in [-0.25, -0.2) is 0 Å². The molecule has 5 rings (SSSR count). The first-order chi connectivity index (χ1) is 16.1. The number of benzene rings is 3. The van der Waals surface area contributed by atoms with Crippen molar-refractivity contribution in [2.45, 2.75) is 42.1 Å². The number of halogens is 1. The maximum atomic E-state index is 9.93. The van der Waals surface area contributed by atoms with Crippen LogP contribution in [0.25, 0.3) is 0 Å². The Labute approximate surface area is 211 Å². The lowest BCUT2D eigenvalue weighted by molar-refractivity contribution is 0.190. The monoisotopic (exact) mass is 499 g/mol. The van der Waals surface area contributed by atoms with Gasteiger partial charge in [0.25, 0.3) is 0 Å². The molecule has 7 heteroatoms. The second-order valence-corrected chi connectivity index (χ2v) is 9.93. The highest BCUT2D eigenvalue weighted by Gasteiger charge is 2.33. The zero-order valence-corrected chi connectivity index (χ0v) is 20.7. The fourth-order valence-electron chi connectivity index (χ4n) is 4.59. The number of rotatable bonds is 6. The third kappa shape index (κ3) is 5.40. The fourth-order valence-corrected chi connectivity index (χ4v) is 5.92. The molecule has 0 bridgehead atoms. The molecule has 0 spiro atoms. The summed E-state index contributed by atoms with van der Waals surface area (Å²) in [6.45, 7) is 5.09. The SMILES string of the molecule is C[C@@H]1CCCN1CCOc1ccc([C@@H]2Oc3ccc(O)cc3S[C@@H]2c2ccc(O)cc2)cc1.Cl. The zero-order valence-electron chi connectivity index (χ0n) is 19.1. The summed E-state index contributed by atoms with van der Waals surface area (Å²) in [5.74, 6) is 2.08. The lowest BCUT2D eigenvalue weighted by atomic mass is 10.00. The van der Waals surface area contributed by atoms with Crippen molar-refractivity contribution in [1.29, 1.82) is 0 Å². The van der Waals surface area contributed by atoms with E-state index in [1.54, 1.807) is 36.0 Å². The van der Waals surface area contributed by atoms with Gasteiger partial charge in [-0.15, -0.1) is 24.2 Å². The molecule has 3 aromatic carbocycles. The van der Waals surface area contributed by atoms with E-state index in [9.17, 15) is 10.2 Å². The third-order valence-electron chi connectivity index (χ3n) is 6.48. The highest BCUT2D eigenvalue weighted by molar-refractivity contribution is 7.99. The smallest absolute Gasteiger partial charge is 0.140 e. The zero-order chi connectivity index (χ0) is 22.8. The van der Waals surface area contributed by atoms with E-state index in [1.807, 2.05) is 30.3 Å². The highest BCUT2D eigenvalue weighted by atomic mass is 35.5. The molecule has 0 amide bonds. The number of hydrogen-bond donors (Lipinski definition) is 2. The van der Waals surface area contributed by atoms with Crippen LogP contribution >= 0.6 is 24.2 Å². The average Bonchev–Trinajstić information content (AvgIpc) is 3.24. The molecule has 0 aromatic heterocycles. The predicted molar refractivity (Wildman–Crippen MR) is 138 cm³/mol. The number of nitrogens with zero attached hydrogens (tertiary/aromatic N) is 1. The molecule has 2 heterocycles. The Hall–Kier alpha value is -2.54. The molecule has 2 aliphatic heterocycles. The summed E-state index contributed by atoms with van der Waals surface area (Å²) in [4.78, 5) is 3.39. The van der Waals surface area contributed by atoms with E-state index in [0.29, 0.717) is 12.6 Å². The molecular formula is C27H30ClNO4S. The number of aromatic hydroxyl groups is 2. The van der Waals surface area contributed by atoms with Crippen molar-refractivity contribution < 1.29 is 19.7 Å². The van der Waals surface area contributed by atoms with Gasteiger partial charge in [0.05, 0.1) is 10.1 Å². The van der Waals surface area contributed by atoms with Gasteiger partial charge in [0, 0.05) is 12.6 Å². The lowest BCUT2D eigenvalue weighted by Gasteiger charge is -2.34. The first-order valence-corrected chi connectivity index (χ1v) is 12.4. The van der Waals surface area contributed by atoms with E-state index in [1.165, 1.54) is 12.8 Å². The van der Waals surface area contributed by atoms with Crippen molar-refractivity contribution >= 4 is 24.2 Å². The first-order valence-electron chi connectivity index (χ1n) is 11.5. The van der Waals surface area contributed by atoms with Gasteiger partial charge in [-0.3, -0.25) is 4.90 Å². The summed E-state index contributed by atoms with van der Waals surface area (Å²) in [5.41, 5.74) is 2.11. The molecule has 0 unspecified atom stereocenters. The minimum Gasteiger partial charge on any atom is -0.508 e. The second-order valence-electron chi connectivity index (χ2n) is 8.74. The van der Waals surface area contributed by atoms with Crippen molar-refractivity contribution in [3.05, 3.63) is 77.9 Å². The number of thioether (sulfide) groups is 1. The largest absolute Gasteiger partial charge is 0.508 e. The van der Waals surface area contributed by atoms with E-state index in [2.05, 4.69) is 24.0 Å². The van der Waals surface area contributed by atoms with Gasteiger partial charge in [-0.2, -0.15) is 0 Å². The summed E-state index contributed by atoms with van der Waals surface area (Å²) in [7, 11) is 0. The van der Waals surface area contributed by atoms with Gasteiger partial charge in [0.1, 0.15) is 35.7 Å². The van der Waals surface area contributed by atoms with E-state index < -0.39 is 0 Å². The standard InChI is InChI=1S/C27H29NO4S.ClH/c1-18-3-2-14-28(18)15-16-31-23-11-6-19(7-12-23)26-27(20-4-8-21(29)9-5-20)33-25-17-22(30)10-13-24(25)32-26;/h4-13,17-18,26-27,29-30H,2-3,14-16H2,1H3;1H/t18-,26+,27-;/m1./s1. The van der Waals surface area contributed by atoms with Crippen molar-refractivity contribution in [2.75, 3.05) is 19.7 Å². The van der Waals surface area contributed by atoms with Crippen LogP contribution in [0.15, 0.2) is 71.6 Å². The first kappa shape index (κ1) is 24.6. The van der Waals surface area contributed by atoms with Crippen LogP contribution in [0.2, 0.25) is 0 Å². The van der Waals surface area contributed by atoms with E-state index in [0.717, 1.165) is 40.6 Å². The maximum Gasteiger partial charge on any atom is 0.140 e. The van der Waals surface area contributed by atoms with Crippen LogP contribution < -0.4 is 9.47 Å². The van der Waals surface area contributed by atoms with Crippen LogP contribution in [0, 0.1) is 0 Å². The quantitative estimate of drug-likeness (QED) is 0.412. The average molecular weight is 500 g/mol. The molecule has 2 aliphatic rings. The van der Waals surface area contributed by atoms with E-state index in [4.69, 9.17) is 9.47 Å². The van der Waals surface area contributed by atoms with Crippen molar-refractivity contribution in [1.82, 2.24) is 4.90 Å². The number of phenols is 2. The van der Waals surface area contributed by atoms with Gasteiger partial charge in [-0.05, 0) is 79.9 Å². The molecule has 5 nitrogen and oxygen atoms in total. The molecule has 0 radical (unpaired) electrons. The number of likely N-dealkylation sites (tertiary alicyclic amines) is 1. The molecule has 0 aliphatic carbocycles. The van der Waals surface area contributed by atoms with Crippen LogP contribution in [0.1, 0.15) is 42.2 Å². The summed E-state index contributed by atoms with van der Waals surface area (Å²) in [6, 6.07) is 21.3. The molecule has 1 fully saturated rings. The molecule has 3 atom stereocenters. The molecular weight excluding hydrogens is 470 g/mol. The minimum absolute atomic E-state index is 0. The highest BCUT2D eigenvalue weighted by Crippen LogP contribution is 2.54. The van der Waals surface area contributed by atoms with Gasteiger partial charge >= 0.3 is 0 Å². The van der Waals surface area contributed by atoms with Crippen molar-refractivity contribution in [3.8, 4) is 23.0 Å². The van der Waals surface area contributed by atoms with Gasteiger partial charge in [0.15, 0.2) is 0 Å². The minimum atomic E-state index is -0.212.